The number of anilines is 1. The lowest BCUT2D eigenvalue weighted by Gasteiger charge is -2.39. The minimum Gasteiger partial charge on any atom is -0.339 e. The minimum absolute atomic E-state index is 0.464. The van der Waals surface area contributed by atoms with Gasteiger partial charge in [0.2, 0.25) is 5.95 Å². The van der Waals surface area contributed by atoms with Crippen LogP contribution in [0.3, 0.4) is 0 Å². The summed E-state index contributed by atoms with van der Waals surface area (Å²) in [4.78, 5) is 19.8. The molecule has 5 nitrogen and oxygen atoms in total. The molecule has 0 radical (unpaired) electrons. The van der Waals surface area contributed by atoms with Crippen LogP contribution in [-0.4, -0.2) is 33.0 Å². The molecule has 0 aliphatic carbocycles. The van der Waals surface area contributed by atoms with Gasteiger partial charge in [-0.15, -0.1) is 0 Å². The molecule has 98 valence electrons. The summed E-state index contributed by atoms with van der Waals surface area (Å²) in [6.45, 7) is 7.79. The lowest BCUT2D eigenvalue weighted by molar-refractivity contribution is 0.500. The first-order chi connectivity index (χ1) is 9.11. The largest absolute Gasteiger partial charge is 0.339 e. The van der Waals surface area contributed by atoms with Gasteiger partial charge in [0.05, 0.1) is 5.69 Å². The molecule has 3 rings (SSSR count). The summed E-state index contributed by atoms with van der Waals surface area (Å²) in [5.74, 6) is 2.13. The van der Waals surface area contributed by atoms with Crippen molar-refractivity contribution >= 4 is 5.95 Å². The van der Waals surface area contributed by atoms with E-state index in [1.807, 2.05) is 39.1 Å². The Hall–Kier alpha value is -2.04. The van der Waals surface area contributed by atoms with Crippen molar-refractivity contribution in [2.75, 3.05) is 18.0 Å². The highest BCUT2D eigenvalue weighted by Gasteiger charge is 2.31. The van der Waals surface area contributed by atoms with Gasteiger partial charge in [0.1, 0.15) is 5.82 Å². The van der Waals surface area contributed by atoms with Crippen LogP contribution in [0.25, 0.3) is 0 Å². The first-order valence-electron chi connectivity index (χ1n) is 6.48. The zero-order valence-corrected chi connectivity index (χ0v) is 11.5. The maximum atomic E-state index is 4.48. The smallest absolute Gasteiger partial charge is 0.225 e. The Labute approximate surface area is 112 Å². The number of rotatable bonds is 2. The quantitative estimate of drug-likeness (QED) is 0.819. The standard InChI is InChI=1S/C14H17N5/c1-9-6-10(2)17-14(16-9)19-7-12(8-19)13-4-5-15-11(3)18-13/h4-6,12H,7-8H2,1-3H3. The van der Waals surface area contributed by atoms with E-state index in [1.165, 1.54) is 0 Å². The highest BCUT2D eigenvalue weighted by molar-refractivity contribution is 5.39. The highest BCUT2D eigenvalue weighted by atomic mass is 15.3. The molecule has 0 N–H and O–H groups in total. The van der Waals surface area contributed by atoms with Crippen molar-refractivity contribution < 1.29 is 0 Å². The Balaban J connectivity index is 1.73. The molecule has 3 heterocycles. The second-order valence-corrected chi connectivity index (χ2v) is 5.08. The Morgan fingerprint density at radius 3 is 2.37 bits per heavy atom. The molecule has 1 aliphatic heterocycles. The molecule has 0 spiro atoms. The van der Waals surface area contributed by atoms with E-state index in [9.17, 15) is 0 Å². The molecule has 0 amide bonds. The number of hydrogen-bond donors (Lipinski definition) is 0. The first kappa shape index (κ1) is 12.0. The van der Waals surface area contributed by atoms with E-state index >= 15 is 0 Å². The molecule has 1 saturated heterocycles. The second kappa shape index (κ2) is 4.57. The molecule has 1 aliphatic rings. The summed E-state index contributed by atoms with van der Waals surface area (Å²) in [6.07, 6.45) is 1.83. The third-order valence-corrected chi connectivity index (χ3v) is 3.35. The van der Waals surface area contributed by atoms with Crippen LogP contribution in [0.15, 0.2) is 18.3 Å². The summed E-state index contributed by atoms with van der Waals surface area (Å²) in [7, 11) is 0. The maximum Gasteiger partial charge on any atom is 0.225 e. The van der Waals surface area contributed by atoms with Gasteiger partial charge < -0.3 is 4.90 Å². The van der Waals surface area contributed by atoms with Crippen molar-refractivity contribution in [2.24, 2.45) is 0 Å². The van der Waals surface area contributed by atoms with Crippen LogP contribution >= 0.6 is 0 Å². The van der Waals surface area contributed by atoms with Gasteiger partial charge in [-0.25, -0.2) is 19.9 Å². The van der Waals surface area contributed by atoms with Gasteiger partial charge >= 0.3 is 0 Å². The van der Waals surface area contributed by atoms with Gasteiger partial charge in [-0.3, -0.25) is 0 Å². The lowest BCUT2D eigenvalue weighted by Crippen LogP contribution is -2.46. The van der Waals surface area contributed by atoms with Gasteiger partial charge in [-0.1, -0.05) is 0 Å². The normalized spacial score (nSPS) is 15.4. The number of hydrogen-bond acceptors (Lipinski definition) is 5. The van der Waals surface area contributed by atoms with E-state index in [0.29, 0.717) is 5.92 Å². The predicted octanol–water partition coefficient (Wildman–Crippen LogP) is 1.80. The average Bonchev–Trinajstić information content (AvgIpc) is 2.25. The van der Waals surface area contributed by atoms with Crippen molar-refractivity contribution in [1.29, 1.82) is 0 Å². The van der Waals surface area contributed by atoms with Crippen molar-refractivity contribution in [2.45, 2.75) is 26.7 Å². The topological polar surface area (TPSA) is 54.8 Å². The van der Waals surface area contributed by atoms with Gasteiger partial charge in [-0.05, 0) is 32.9 Å². The van der Waals surface area contributed by atoms with Crippen LogP contribution in [-0.2, 0) is 0 Å². The minimum atomic E-state index is 0.464. The molecule has 0 unspecified atom stereocenters. The Morgan fingerprint density at radius 2 is 1.74 bits per heavy atom. The summed E-state index contributed by atoms with van der Waals surface area (Å²) >= 11 is 0. The van der Waals surface area contributed by atoms with Gasteiger partial charge in [-0.2, -0.15) is 0 Å². The third-order valence-electron chi connectivity index (χ3n) is 3.35. The zero-order valence-electron chi connectivity index (χ0n) is 11.5. The second-order valence-electron chi connectivity index (χ2n) is 5.08. The van der Waals surface area contributed by atoms with Crippen molar-refractivity contribution in [3.05, 3.63) is 41.2 Å². The fourth-order valence-electron chi connectivity index (χ4n) is 2.38. The summed E-state index contributed by atoms with van der Waals surface area (Å²) in [6, 6.07) is 3.99. The van der Waals surface area contributed by atoms with Crippen molar-refractivity contribution in [3.63, 3.8) is 0 Å². The Bertz CT molecular complexity index is 584. The van der Waals surface area contributed by atoms with Gasteiger partial charge in [0.25, 0.3) is 0 Å². The molecule has 0 bridgehead atoms. The molecular weight excluding hydrogens is 238 g/mol. The summed E-state index contributed by atoms with van der Waals surface area (Å²) < 4.78 is 0. The number of aromatic nitrogens is 4. The van der Waals surface area contributed by atoms with E-state index in [1.54, 1.807) is 0 Å². The molecule has 2 aromatic rings. The Kier molecular flexibility index (Phi) is 2.89. The number of nitrogens with zero attached hydrogens (tertiary/aromatic N) is 5. The molecule has 5 heteroatoms. The lowest BCUT2D eigenvalue weighted by atomic mass is 9.96. The van der Waals surface area contributed by atoms with Crippen LogP contribution in [0.2, 0.25) is 0 Å². The molecule has 1 fully saturated rings. The SMILES string of the molecule is Cc1cc(C)nc(N2CC(c3ccnc(C)n3)C2)n1. The van der Waals surface area contributed by atoms with Crippen LogP contribution in [0.5, 0.6) is 0 Å². The van der Waals surface area contributed by atoms with Gasteiger partial charge in [0.15, 0.2) is 0 Å². The van der Waals surface area contributed by atoms with E-state index in [2.05, 4.69) is 24.8 Å². The number of aryl methyl sites for hydroxylation is 3. The fourth-order valence-corrected chi connectivity index (χ4v) is 2.38. The van der Waals surface area contributed by atoms with Gasteiger partial charge in [0, 0.05) is 36.6 Å². The Morgan fingerprint density at radius 1 is 1.05 bits per heavy atom. The summed E-state index contributed by atoms with van der Waals surface area (Å²) in [5, 5.41) is 0. The molecule has 19 heavy (non-hydrogen) atoms. The summed E-state index contributed by atoms with van der Waals surface area (Å²) in [5.41, 5.74) is 3.15. The molecule has 0 saturated carbocycles. The van der Waals surface area contributed by atoms with Crippen molar-refractivity contribution in [3.8, 4) is 0 Å². The van der Waals surface area contributed by atoms with Crippen LogP contribution in [0, 0.1) is 20.8 Å². The third kappa shape index (κ3) is 2.41. The highest BCUT2D eigenvalue weighted by Crippen LogP contribution is 2.28. The van der Waals surface area contributed by atoms with E-state index in [4.69, 9.17) is 0 Å². The molecule has 0 aromatic carbocycles. The average molecular weight is 255 g/mol. The molecular formula is C14H17N5. The van der Waals surface area contributed by atoms with Crippen LogP contribution in [0.1, 0.15) is 28.8 Å². The van der Waals surface area contributed by atoms with Crippen LogP contribution < -0.4 is 4.90 Å². The monoisotopic (exact) mass is 255 g/mol. The van der Waals surface area contributed by atoms with Crippen LogP contribution in [0.4, 0.5) is 5.95 Å². The zero-order chi connectivity index (χ0) is 13.4. The van der Waals surface area contributed by atoms with E-state index < -0.39 is 0 Å². The fraction of sp³-hybridized carbons (Fsp3) is 0.429. The van der Waals surface area contributed by atoms with Crippen molar-refractivity contribution in [1.82, 2.24) is 19.9 Å². The molecule has 0 atom stereocenters. The first-order valence-corrected chi connectivity index (χ1v) is 6.48. The van der Waals surface area contributed by atoms with E-state index in [-0.39, 0.29) is 0 Å². The predicted molar refractivity (Wildman–Crippen MR) is 73.2 cm³/mol. The maximum absolute atomic E-state index is 4.48. The molecule has 2 aromatic heterocycles. The van der Waals surface area contributed by atoms with E-state index in [0.717, 1.165) is 41.9 Å².